The number of fused-ring (bicyclic) bond motifs is 1. The summed E-state index contributed by atoms with van der Waals surface area (Å²) >= 11 is 1.57. The Morgan fingerprint density at radius 2 is 1.86 bits per heavy atom. The van der Waals surface area contributed by atoms with Gasteiger partial charge < -0.3 is 10.1 Å². The van der Waals surface area contributed by atoms with Crippen LogP contribution in [0.3, 0.4) is 0 Å². The molecular formula is C29H27N3O3S. The number of benzene rings is 3. The summed E-state index contributed by atoms with van der Waals surface area (Å²) in [5.41, 5.74) is 6.07. The van der Waals surface area contributed by atoms with Crippen molar-refractivity contribution in [3.8, 4) is 27.6 Å². The van der Waals surface area contributed by atoms with E-state index in [1.807, 2.05) is 92.9 Å². The summed E-state index contributed by atoms with van der Waals surface area (Å²) in [6, 6.07) is 21.6. The number of aromatic nitrogens is 1. The van der Waals surface area contributed by atoms with Crippen molar-refractivity contribution < 1.29 is 14.3 Å². The summed E-state index contributed by atoms with van der Waals surface area (Å²) in [5.74, 6) is 0.106. The predicted molar refractivity (Wildman–Crippen MR) is 145 cm³/mol. The van der Waals surface area contributed by atoms with E-state index in [1.54, 1.807) is 11.3 Å². The number of hydrogen-bond donors (Lipinski definition) is 1. The maximum absolute atomic E-state index is 13.3. The first-order valence-corrected chi connectivity index (χ1v) is 12.8. The zero-order valence-corrected chi connectivity index (χ0v) is 21.3. The van der Waals surface area contributed by atoms with Gasteiger partial charge in [0.15, 0.2) is 6.10 Å². The lowest BCUT2D eigenvalue weighted by atomic mass is 10.1. The minimum atomic E-state index is -0.624. The van der Waals surface area contributed by atoms with Crippen molar-refractivity contribution in [1.82, 2.24) is 4.98 Å². The molecule has 0 radical (unpaired) electrons. The third-order valence-electron chi connectivity index (χ3n) is 6.22. The van der Waals surface area contributed by atoms with Crippen LogP contribution in [0.4, 0.5) is 11.4 Å². The van der Waals surface area contributed by atoms with Crippen LogP contribution in [-0.4, -0.2) is 29.4 Å². The van der Waals surface area contributed by atoms with Crippen LogP contribution in [0.1, 0.15) is 24.5 Å². The Kier molecular flexibility index (Phi) is 6.57. The van der Waals surface area contributed by atoms with Gasteiger partial charge in [0.1, 0.15) is 17.3 Å². The highest BCUT2D eigenvalue weighted by Gasteiger charge is 2.35. The standard InChI is InChI=1S/C29H27N3O3S/c1-4-25-29(34)32(16-27(33)30-22-14-18(2)10-11-19(22)3)24-15-21(12-13-26(24)35-25)23-17-36-28(31-23)20-8-6-5-7-9-20/h5-15,17,25H,4,16H2,1-3H3,(H,30,33). The molecule has 1 aliphatic heterocycles. The Labute approximate surface area is 214 Å². The number of ether oxygens (including phenoxy) is 1. The quantitative estimate of drug-likeness (QED) is 0.342. The molecule has 3 aromatic carbocycles. The fourth-order valence-corrected chi connectivity index (χ4v) is 5.06. The third-order valence-corrected chi connectivity index (χ3v) is 7.11. The first-order valence-electron chi connectivity index (χ1n) is 11.9. The number of rotatable bonds is 6. The molecule has 1 aromatic heterocycles. The van der Waals surface area contributed by atoms with Crippen LogP contribution < -0.4 is 15.0 Å². The number of hydrogen-bond acceptors (Lipinski definition) is 5. The molecule has 0 saturated heterocycles. The van der Waals surface area contributed by atoms with E-state index in [-0.39, 0.29) is 18.4 Å². The van der Waals surface area contributed by atoms with E-state index < -0.39 is 6.10 Å². The van der Waals surface area contributed by atoms with Crippen LogP contribution in [0, 0.1) is 13.8 Å². The first kappa shape index (κ1) is 23.8. The summed E-state index contributed by atoms with van der Waals surface area (Å²) in [4.78, 5) is 32.7. The van der Waals surface area contributed by atoms with Crippen molar-refractivity contribution in [2.75, 3.05) is 16.8 Å². The Balaban J connectivity index is 1.45. The number of carbonyl (C=O) groups excluding carboxylic acids is 2. The van der Waals surface area contributed by atoms with Gasteiger partial charge >= 0.3 is 0 Å². The second kappa shape index (κ2) is 9.95. The van der Waals surface area contributed by atoms with Gasteiger partial charge in [-0.05, 0) is 55.7 Å². The van der Waals surface area contributed by atoms with Gasteiger partial charge in [-0.3, -0.25) is 14.5 Å². The van der Waals surface area contributed by atoms with E-state index in [2.05, 4.69) is 5.32 Å². The van der Waals surface area contributed by atoms with Crippen LogP contribution in [0.15, 0.2) is 72.1 Å². The third kappa shape index (κ3) is 4.75. The van der Waals surface area contributed by atoms with Crippen molar-refractivity contribution in [2.24, 2.45) is 0 Å². The maximum atomic E-state index is 13.3. The van der Waals surface area contributed by atoms with Crippen LogP contribution in [-0.2, 0) is 9.59 Å². The van der Waals surface area contributed by atoms with Gasteiger partial charge in [-0.25, -0.2) is 4.98 Å². The zero-order chi connectivity index (χ0) is 25.2. The van der Waals surface area contributed by atoms with Gasteiger partial charge in [0.2, 0.25) is 5.91 Å². The lowest BCUT2D eigenvalue weighted by Gasteiger charge is -2.34. The van der Waals surface area contributed by atoms with Crippen molar-refractivity contribution in [3.05, 3.63) is 83.2 Å². The lowest BCUT2D eigenvalue weighted by molar-refractivity contribution is -0.128. The minimum Gasteiger partial charge on any atom is -0.478 e. The van der Waals surface area contributed by atoms with Crippen molar-refractivity contribution >= 4 is 34.5 Å². The molecule has 0 bridgehead atoms. The summed E-state index contributed by atoms with van der Waals surface area (Å²) in [6.45, 7) is 5.72. The molecule has 2 amide bonds. The second-order valence-corrected chi connectivity index (χ2v) is 9.75. The normalized spacial score (nSPS) is 14.8. The van der Waals surface area contributed by atoms with Gasteiger partial charge in [-0.15, -0.1) is 11.3 Å². The molecule has 1 N–H and O–H groups in total. The average Bonchev–Trinajstić information content (AvgIpc) is 3.38. The molecule has 2 heterocycles. The van der Waals surface area contributed by atoms with E-state index >= 15 is 0 Å². The van der Waals surface area contributed by atoms with Crippen LogP contribution in [0.2, 0.25) is 0 Å². The molecule has 6 nitrogen and oxygen atoms in total. The van der Waals surface area contributed by atoms with E-state index in [0.717, 1.165) is 38.6 Å². The number of anilines is 2. The van der Waals surface area contributed by atoms with Gasteiger partial charge in [-0.1, -0.05) is 49.4 Å². The van der Waals surface area contributed by atoms with Gasteiger partial charge in [0.05, 0.1) is 11.4 Å². The van der Waals surface area contributed by atoms with Crippen LogP contribution in [0.5, 0.6) is 5.75 Å². The molecule has 1 atom stereocenters. The summed E-state index contributed by atoms with van der Waals surface area (Å²) in [5, 5.41) is 5.89. The van der Waals surface area contributed by atoms with E-state index in [9.17, 15) is 9.59 Å². The van der Waals surface area contributed by atoms with E-state index in [0.29, 0.717) is 17.9 Å². The Hall–Kier alpha value is -3.97. The molecule has 0 fully saturated rings. The monoisotopic (exact) mass is 497 g/mol. The number of amides is 2. The highest BCUT2D eigenvalue weighted by molar-refractivity contribution is 7.13. The second-order valence-electron chi connectivity index (χ2n) is 8.89. The van der Waals surface area contributed by atoms with E-state index in [1.165, 1.54) is 4.90 Å². The smallest absolute Gasteiger partial charge is 0.268 e. The summed E-state index contributed by atoms with van der Waals surface area (Å²) < 4.78 is 5.98. The average molecular weight is 498 g/mol. The Morgan fingerprint density at radius 3 is 2.64 bits per heavy atom. The summed E-state index contributed by atoms with van der Waals surface area (Å²) in [6.07, 6.45) is -0.109. The predicted octanol–water partition coefficient (Wildman–Crippen LogP) is 6.24. The van der Waals surface area contributed by atoms with Gasteiger partial charge in [-0.2, -0.15) is 0 Å². The largest absolute Gasteiger partial charge is 0.478 e. The number of aryl methyl sites for hydroxylation is 2. The van der Waals surface area contributed by atoms with Crippen molar-refractivity contribution in [2.45, 2.75) is 33.3 Å². The van der Waals surface area contributed by atoms with E-state index in [4.69, 9.17) is 9.72 Å². The first-order chi connectivity index (χ1) is 17.4. The summed E-state index contributed by atoms with van der Waals surface area (Å²) in [7, 11) is 0. The molecule has 182 valence electrons. The highest BCUT2D eigenvalue weighted by Crippen LogP contribution is 2.39. The van der Waals surface area contributed by atoms with Crippen molar-refractivity contribution in [1.29, 1.82) is 0 Å². The molecule has 0 aliphatic carbocycles. The molecule has 4 aromatic rings. The van der Waals surface area contributed by atoms with Crippen LogP contribution >= 0.6 is 11.3 Å². The molecule has 1 unspecified atom stereocenters. The van der Waals surface area contributed by atoms with Gasteiger partial charge in [0.25, 0.3) is 5.91 Å². The molecule has 1 aliphatic rings. The Bertz CT molecular complexity index is 1430. The minimum absolute atomic E-state index is 0.102. The molecule has 7 heteroatoms. The fourth-order valence-electron chi connectivity index (χ4n) is 4.23. The van der Waals surface area contributed by atoms with Crippen LogP contribution in [0.25, 0.3) is 21.8 Å². The number of nitrogens with one attached hydrogen (secondary N) is 1. The number of thiazole rings is 1. The molecular weight excluding hydrogens is 470 g/mol. The lowest BCUT2D eigenvalue weighted by Crippen LogP contribution is -2.48. The SMILES string of the molecule is CCC1Oc2ccc(-c3csc(-c4ccccc4)n3)cc2N(CC(=O)Nc2cc(C)ccc2C)C1=O. The molecule has 36 heavy (non-hydrogen) atoms. The number of carbonyl (C=O) groups is 2. The zero-order valence-electron chi connectivity index (χ0n) is 20.4. The maximum Gasteiger partial charge on any atom is 0.268 e. The van der Waals surface area contributed by atoms with Crippen molar-refractivity contribution in [3.63, 3.8) is 0 Å². The fraction of sp³-hybridized carbons (Fsp3) is 0.207. The highest BCUT2D eigenvalue weighted by atomic mass is 32.1. The van der Waals surface area contributed by atoms with Gasteiger partial charge in [0, 0.05) is 22.2 Å². The topological polar surface area (TPSA) is 71.5 Å². The molecule has 5 rings (SSSR count). The molecule has 0 spiro atoms. The molecule has 0 saturated carbocycles. The number of nitrogens with zero attached hydrogens (tertiary/aromatic N) is 2. The Morgan fingerprint density at radius 1 is 1.06 bits per heavy atom.